The lowest BCUT2D eigenvalue weighted by Crippen LogP contribution is -2.53. The second-order valence-corrected chi connectivity index (χ2v) is 9.18. The van der Waals surface area contributed by atoms with E-state index in [9.17, 15) is 19.2 Å². The smallest absolute Gasteiger partial charge is 0.339 e. The van der Waals surface area contributed by atoms with E-state index in [1.165, 1.54) is 0 Å². The molecule has 4 rings (SSSR count). The molecule has 2 N–H and O–H groups in total. The molecule has 1 aromatic carbocycles. The molecule has 160 valence electrons. The minimum Gasteiger partial charge on any atom is -0.339 e. The number of piperidine rings is 1. The molecule has 0 atom stereocenters. The van der Waals surface area contributed by atoms with Crippen molar-refractivity contribution in [2.24, 2.45) is 5.92 Å². The summed E-state index contributed by atoms with van der Waals surface area (Å²) < 4.78 is 0.907. The molecule has 0 aromatic heterocycles. The van der Waals surface area contributed by atoms with Crippen molar-refractivity contribution in [3.63, 3.8) is 0 Å². The molecule has 2 aliphatic heterocycles. The van der Waals surface area contributed by atoms with Gasteiger partial charge in [-0.05, 0) is 49.9 Å². The summed E-state index contributed by atoms with van der Waals surface area (Å²) >= 11 is 3.36. The summed E-state index contributed by atoms with van der Waals surface area (Å²) in [5.41, 5.74) is 2.28. The Labute approximate surface area is 183 Å². The van der Waals surface area contributed by atoms with Gasteiger partial charge in [-0.15, -0.1) is 0 Å². The zero-order valence-electron chi connectivity index (χ0n) is 16.7. The molecule has 5 amide bonds. The molecular weight excluding hydrogens is 452 g/mol. The molecule has 9 heteroatoms. The monoisotopic (exact) mass is 476 g/mol. The lowest BCUT2D eigenvalue weighted by molar-refractivity contribution is -0.141. The van der Waals surface area contributed by atoms with E-state index in [0.29, 0.717) is 44.3 Å². The van der Waals surface area contributed by atoms with E-state index in [0.717, 1.165) is 28.7 Å². The Balaban J connectivity index is 1.32. The fourth-order valence-electron chi connectivity index (χ4n) is 4.54. The van der Waals surface area contributed by atoms with Gasteiger partial charge in [-0.2, -0.15) is 5.01 Å². The van der Waals surface area contributed by atoms with Gasteiger partial charge in [0.15, 0.2) is 0 Å². The summed E-state index contributed by atoms with van der Waals surface area (Å²) in [5, 5.41) is 3.64. The summed E-state index contributed by atoms with van der Waals surface area (Å²) in [6, 6.07) is 6.63. The van der Waals surface area contributed by atoms with Gasteiger partial charge in [-0.1, -0.05) is 35.2 Å². The predicted molar refractivity (Wildman–Crippen MR) is 112 cm³/mol. The van der Waals surface area contributed by atoms with Gasteiger partial charge in [-0.3, -0.25) is 19.8 Å². The number of likely N-dealkylation sites (tertiary alicyclic amines) is 1. The van der Waals surface area contributed by atoms with Crippen LogP contribution >= 0.6 is 15.9 Å². The largest absolute Gasteiger partial charge is 0.344 e. The second kappa shape index (κ2) is 8.37. The van der Waals surface area contributed by atoms with Crippen molar-refractivity contribution in [2.75, 3.05) is 13.1 Å². The van der Waals surface area contributed by atoms with E-state index in [1.807, 2.05) is 12.1 Å². The Hall–Kier alpha value is -2.42. The number of amides is 5. The summed E-state index contributed by atoms with van der Waals surface area (Å²) in [7, 11) is 0. The topological polar surface area (TPSA) is 98.8 Å². The van der Waals surface area contributed by atoms with Gasteiger partial charge >= 0.3 is 6.03 Å². The molecule has 0 unspecified atom stereocenters. The van der Waals surface area contributed by atoms with Crippen molar-refractivity contribution in [3.05, 3.63) is 34.3 Å². The van der Waals surface area contributed by atoms with Gasteiger partial charge in [0.25, 0.3) is 11.8 Å². The standard InChI is InChI=1S/C21H25BrN4O4/c22-16-6-4-15(5-7-16)18(28)25-12-8-14(9-13-25)17(27)24-26-19(29)21(23-20(26)30)10-2-1-3-11-21/h4-7,14H,1-3,8-13H2,(H,23,30)(H,24,27). The zero-order valence-corrected chi connectivity index (χ0v) is 18.2. The number of halogens is 1. The molecule has 8 nitrogen and oxygen atoms in total. The molecular formula is C21H25BrN4O4. The molecule has 0 radical (unpaired) electrons. The van der Waals surface area contributed by atoms with Crippen molar-refractivity contribution < 1.29 is 19.2 Å². The van der Waals surface area contributed by atoms with E-state index >= 15 is 0 Å². The first-order valence-corrected chi connectivity index (χ1v) is 11.2. The van der Waals surface area contributed by atoms with Gasteiger partial charge in [0.05, 0.1) is 0 Å². The number of benzene rings is 1. The zero-order chi connectivity index (χ0) is 21.3. The summed E-state index contributed by atoms with van der Waals surface area (Å²) in [6.07, 6.45) is 5.03. The number of hydrogen-bond acceptors (Lipinski definition) is 4. The molecule has 1 aliphatic carbocycles. The third kappa shape index (κ3) is 3.95. The van der Waals surface area contributed by atoms with E-state index in [2.05, 4.69) is 26.7 Å². The maximum absolute atomic E-state index is 12.8. The van der Waals surface area contributed by atoms with Crippen molar-refractivity contribution in [2.45, 2.75) is 50.5 Å². The minimum absolute atomic E-state index is 0.0605. The van der Waals surface area contributed by atoms with Gasteiger partial charge in [-0.25, -0.2) is 4.79 Å². The van der Waals surface area contributed by atoms with Crippen LogP contribution in [-0.2, 0) is 9.59 Å². The minimum atomic E-state index is -0.858. The first-order chi connectivity index (χ1) is 14.4. The number of carbonyl (C=O) groups excluding carboxylic acids is 4. The first kappa shape index (κ1) is 20.8. The lowest BCUT2D eigenvalue weighted by atomic mass is 9.82. The van der Waals surface area contributed by atoms with E-state index < -0.39 is 11.6 Å². The first-order valence-electron chi connectivity index (χ1n) is 10.4. The third-order valence-corrected chi connectivity index (χ3v) is 6.86. The van der Waals surface area contributed by atoms with Crippen molar-refractivity contribution >= 4 is 39.7 Å². The van der Waals surface area contributed by atoms with Crippen LogP contribution in [-0.4, -0.2) is 52.3 Å². The number of nitrogens with one attached hydrogen (secondary N) is 2. The second-order valence-electron chi connectivity index (χ2n) is 8.26. The number of hydrogen-bond donors (Lipinski definition) is 2. The van der Waals surface area contributed by atoms with E-state index in [-0.39, 0.29) is 23.6 Å². The molecule has 1 spiro atoms. The average molecular weight is 477 g/mol. The van der Waals surface area contributed by atoms with Gasteiger partial charge in [0.2, 0.25) is 5.91 Å². The molecule has 2 heterocycles. The van der Waals surface area contributed by atoms with E-state index in [4.69, 9.17) is 0 Å². The van der Waals surface area contributed by atoms with Crippen LogP contribution in [0.4, 0.5) is 4.79 Å². The number of carbonyl (C=O) groups is 4. The Morgan fingerprint density at radius 1 is 1.03 bits per heavy atom. The molecule has 3 aliphatic rings. The highest BCUT2D eigenvalue weighted by molar-refractivity contribution is 9.10. The van der Waals surface area contributed by atoms with Crippen LogP contribution < -0.4 is 10.7 Å². The Kier molecular flexibility index (Phi) is 5.81. The number of rotatable bonds is 3. The lowest BCUT2D eigenvalue weighted by Gasteiger charge is -2.32. The fourth-order valence-corrected chi connectivity index (χ4v) is 4.80. The molecule has 0 bridgehead atoms. The molecule has 2 saturated heterocycles. The number of urea groups is 1. The average Bonchev–Trinajstić information content (AvgIpc) is 2.98. The molecule has 1 aromatic rings. The van der Waals surface area contributed by atoms with Crippen LogP contribution in [0, 0.1) is 5.92 Å². The predicted octanol–water partition coefficient (Wildman–Crippen LogP) is 2.59. The van der Waals surface area contributed by atoms with Crippen molar-refractivity contribution in [3.8, 4) is 0 Å². The highest BCUT2D eigenvalue weighted by Gasteiger charge is 2.52. The summed E-state index contributed by atoms with van der Waals surface area (Å²) in [6.45, 7) is 0.911. The number of hydrazine groups is 1. The Morgan fingerprint density at radius 3 is 2.30 bits per heavy atom. The van der Waals surface area contributed by atoms with Crippen LogP contribution in [0.15, 0.2) is 28.7 Å². The summed E-state index contributed by atoms with van der Waals surface area (Å²) in [4.78, 5) is 52.2. The number of nitrogens with zero attached hydrogens (tertiary/aromatic N) is 2. The molecule has 30 heavy (non-hydrogen) atoms. The Bertz CT molecular complexity index is 858. The normalized spacial score (nSPS) is 21.6. The molecule has 1 saturated carbocycles. The van der Waals surface area contributed by atoms with Crippen LogP contribution in [0.2, 0.25) is 0 Å². The highest BCUT2D eigenvalue weighted by Crippen LogP contribution is 2.33. The van der Waals surface area contributed by atoms with Crippen LogP contribution in [0.25, 0.3) is 0 Å². The SMILES string of the molecule is O=C(NN1C(=O)NC2(CCCCC2)C1=O)C1CCN(C(=O)c2ccc(Br)cc2)CC1. The maximum atomic E-state index is 12.8. The third-order valence-electron chi connectivity index (χ3n) is 6.34. The summed E-state index contributed by atoms with van der Waals surface area (Å²) in [5.74, 6) is -1.11. The van der Waals surface area contributed by atoms with Crippen LogP contribution in [0.3, 0.4) is 0 Å². The Morgan fingerprint density at radius 2 is 1.67 bits per heavy atom. The van der Waals surface area contributed by atoms with E-state index in [1.54, 1.807) is 17.0 Å². The van der Waals surface area contributed by atoms with Crippen molar-refractivity contribution in [1.82, 2.24) is 20.7 Å². The number of imide groups is 1. The maximum Gasteiger partial charge on any atom is 0.344 e. The highest BCUT2D eigenvalue weighted by atomic mass is 79.9. The quantitative estimate of drug-likeness (QED) is 0.654. The van der Waals surface area contributed by atoms with Crippen LogP contribution in [0.1, 0.15) is 55.3 Å². The fraction of sp³-hybridized carbons (Fsp3) is 0.524. The van der Waals surface area contributed by atoms with Gasteiger partial charge in [0.1, 0.15) is 5.54 Å². The van der Waals surface area contributed by atoms with Gasteiger partial charge < -0.3 is 10.2 Å². The molecule has 3 fully saturated rings. The van der Waals surface area contributed by atoms with Crippen molar-refractivity contribution in [1.29, 1.82) is 0 Å². The van der Waals surface area contributed by atoms with Crippen LogP contribution in [0.5, 0.6) is 0 Å². The van der Waals surface area contributed by atoms with Gasteiger partial charge in [0, 0.05) is 29.0 Å².